The van der Waals surface area contributed by atoms with Crippen LogP contribution in [-0.4, -0.2) is 54.5 Å². The van der Waals surface area contributed by atoms with Gasteiger partial charge >= 0.3 is 0 Å². The van der Waals surface area contributed by atoms with E-state index in [0.717, 1.165) is 0 Å². The van der Waals surface area contributed by atoms with Gasteiger partial charge in [0.25, 0.3) is 0 Å². The lowest BCUT2D eigenvalue weighted by Gasteiger charge is -2.21. The summed E-state index contributed by atoms with van der Waals surface area (Å²) in [5.41, 5.74) is -0.173. The highest BCUT2D eigenvalue weighted by Crippen LogP contribution is 2.15. The Morgan fingerprint density at radius 1 is 1.19 bits per heavy atom. The molecule has 0 spiro atoms. The lowest BCUT2D eigenvalue weighted by atomic mass is 10.2. The Kier molecular flexibility index (Phi) is 9.41. The van der Waals surface area contributed by atoms with Gasteiger partial charge in [-0.25, -0.2) is 0 Å². The van der Waals surface area contributed by atoms with Gasteiger partial charge in [-0.05, 0) is 20.8 Å². The largest absolute Gasteiger partial charge is 0.394 e. The molecule has 0 aromatic heterocycles. The average molecular weight is 254 g/mol. The Morgan fingerprint density at radius 2 is 1.88 bits per heavy atom. The monoisotopic (exact) mass is 254 g/mol. The van der Waals surface area contributed by atoms with E-state index in [-0.39, 0.29) is 33.5 Å². The van der Waals surface area contributed by atoms with Crippen molar-refractivity contribution in [1.29, 1.82) is 0 Å². The maximum atomic E-state index is 9.00. The molecule has 2 unspecified atom stereocenters. The zero-order valence-corrected chi connectivity index (χ0v) is 11.2. The van der Waals surface area contributed by atoms with Crippen LogP contribution in [0, 0.1) is 0 Å². The lowest BCUT2D eigenvalue weighted by molar-refractivity contribution is -0.0520. The molecule has 0 aliphatic rings. The highest BCUT2D eigenvalue weighted by Gasteiger charge is 2.11. The number of hydrogen-bond acceptors (Lipinski definition) is 5. The predicted molar refractivity (Wildman–Crippen MR) is 63.9 cm³/mol. The zero-order chi connectivity index (χ0) is 12.4. The second kappa shape index (κ2) is 9.28. The molecule has 0 aliphatic carbocycles. The minimum absolute atomic E-state index is 0.0194. The molecule has 16 heavy (non-hydrogen) atoms. The van der Waals surface area contributed by atoms with Crippen LogP contribution >= 0.6 is 8.81 Å². The van der Waals surface area contributed by atoms with Crippen molar-refractivity contribution in [2.75, 3.05) is 33.0 Å². The standard InChI is InChI=1S/C10H23O5P/c1-10(2,3)15-7-6-14-9(16-12)8-13-5-4-11/h9,11-12,16H,4-8H2,1-3H3. The fourth-order valence-corrected chi connectivity index (χ4v) is 1.30. The van der Waals surface area contributed by atoms with E-state index in [9.17, 15) is 0 Å². The maximum Gasteiger partial charge on any atom is 0.122 e. The second-order valence-electron chi connectivity index (χ2n) is 4.25. The zero-order valence-electron chi connectivity index (χ0n) is 10.2. The molecule has 6 heteroatoms. The van der Waals surface area contributed by atoms with Gasteiger partial charge in [0, 0.05) is 8.81 Å². The van der Waals surface area contributed by atoms with Crippen LogP contribution in [0.15, 0.2) is 0 Å². The molecular weight excluding hydrogens is 231 g/mol. The predicted octanol–water partition coefficient (Wildman–Crippen LogP) is 0.739. The number of hydrogen-bond donors (Lipinski definition) is 2. The summed E-state index contributed by atoms with van der Waals surface area (Å²) in [6.07, 6.45) is 0. The first-order valence-corrected chi connectivity index (χ1v) is 6.36. The molecule has 0 aromatic carbocycles. The molecule has 0 radical (unpaired) electrons. The summed E-state index contributed by atoms with van der Waals surface area (Å²) >= 11 is 0. The summed E-state index contributed by atoms with van der Waals surface area (Å²) in [4.78, 5) is 9.00. The Bertz CT molecular complexity index is 160. The molecule has 0 bridgehead atoms. The van der Waals surface area contributed by atoms with E-state index in [4.69, 9.17) is 24.2 Å². The van der Waals surface area contributed by atoms with Crippen molar-refractivity contribution in [1.82, 2.24) is 0 Å². The molecule has 0 heterocycles. The van der Waals surface area contributed by atoms with E-state index in [1.165, 1.54) is 0 Å². The SMILES string of the molecule is CC(C)(C)OCCOC(COCCO)PO. The smallest absolute Gasteiger partial charge is 0.122 e. The highest BCUT2D eigenvalue weighted by molar-refractivity contribution is 7.31. The summed E-state index contributed by atoms with van der Waals surface area (Å²) in [6, 6.07) is 0. The van der Waals surface area contributed by atoms with Crippen molar-refractivity contribution in [3.63, 3.8) is 0 Å². The van der Waals surface area contributed by atoms with Crippen LogP contribution in [0.3, 0.4) is 0 Å². The highest BCUT2D eigenvalue weighted by atomic mass is 31.1. The molecule has 0 saturated heterocycles. The van der Waals surface area contributed by atoms with Crippen LogP contribution in [0.1, 0.15) is 20.8 Å². The normalized spacial score (nSPS) is 14.8. The van der Waals surface area contributed by atoms with E-state index in [1.807, 2.05) is 20.8 Å². The van der Waals surface area contributed by atoms with Gasteiger partial charge < -0.3 is 24.2 Å². The van der Waals surface area contributed by atoms with Crippen LogP contribution in [0.4, 0.5) is 0 Å². The molecule has 5 nitrogen and oxygen atoms in total. The molecule has 2 N–H and O–H groups in total. The molecule has 0 rings (SSSR count). The summed E-state index contributed by atoms with van der Waals surface area (Å²) in [5.74, 6) is -0.324. The summed E-state index contributed by atoms with van der Waals surface area (Å²) in [6.45, 7) is 7.39. The topological polar surface area (TPSA) is 68.2 Å². The molecule has 98 valence electrons. The first kappa shape index (κ1) is 16.2. The van der Waals surface area contributed by atoms with Crippen molar-refractivity contribution in [3.05, 3.63) is 0 Å². The van der Waals surface area contributed by atoms with E-state index >= 15 is 0 Å². The van der Waals surface area contributed by atoms with E-state index in [2.05, 4.69) is 0 Å². The van der Waals surface area contributed by atoms with Gasteiger partial charge in [-0.1, -0.05) is 0 Å². The summed E-state index contributed by atoms with van der Waals surface area (Å²) in [5, 5.41) is 8.51. The third-order valence-electron chi connectivity index (χ3n) is 1.59. The van der Waals surface area contributed by atoms with E-state index < -0.39 is 0 Å². The minimum atomic E-state index is -0.326. The molecule has 0 fully saturated rings. The van der Waals surface area contributed by atoms with Gasteiger partial charge in [-0.3, -0.25) is 0 Å². The molecule has 0 aliphatic heterocycles. The van der Waals surface area contributed by atoms with E-state index in [0.29, 0.717) is 19.8 Å². The van der Waals surface area contributed by atoms with Crippen molar-refractivity contribution < 1.29 is 24.2 Å². The third-order valence-corrected chi connectivity index (χ3v) is 2.21. The number of aliphatic hydroxyl groups is 1. The first-order valence-electron chi connectivity index (χ1n) is 5.33. The first-order chi connectivity index (χ1) is 7.49. The Balaban J connectivity index is 3.47. The Labute approximate surface area is 99.0 Å². The fourth-order valence-electron chi connectivity index (χ4n) is 0.916. The van der Waals surface area contributed by atoms with Crippen LogP contribution in [0.2, 0.25) is 0 Å². The van der Waals surface area contributed by atoms with Gasteiger partial charge in [0.2, 0.25) is 0 Å². The van der Waals surface area contributed by atoms with Crippen LogP contribution in [0.5, 0.6) is 0 Å². The average Bonchev–Trinajstić information content (AvgIpc) is 2.20. The van der Waals surface area contributed by atoms with Crippen molar-refractivity contribution >= 4 is 8.81 Å². The van der Waals surface area contributed by atoms with Crippen molar-refractivity contribution in [2.45, 2.75) is 32.2 Å². The summed E-state index contributed by atoms with van der Waals surface area (Å²) in [7, 11) is -0.326. The van der Waals surface area contributed by atoms with Gasteiger partial charge in [0.05, 0.1) is 38.6 Å². The lowest BCUT2D eigenvalue weighted by Crippen LogP contribution is -2.24. The molecule has 0 saturated carbocycles. The Hall–Kier alpha value is 0.230. The second-order valence-corrected chi connectivity index (χ2v) is 5.15. The van der Waals surface area contributed by atoms with Crippen molar-refractivity contribution in [3.8, 4) is 0 Å². The van der Waals surface area contributed by atoms with Gasteiger partial charge in [-0.2, -0.15) is 0 Å². The number of rotatable bonds is 9. The fraction of sp³-hybridized carbons (Fsp3) is 1.00. The molecule has 0 aromatic rings. The van der Waals surface area contributed by atoms with Gasteiger partial charge in [-0.15, -0.1) is 0 Å². The molecular formula is C10H23O5P. The number of ether oxygens (including phenoxy) is 3. The summed E-state index contributed by atoms with van der Waals surface area (Å²) < 4.78 is 15.9. The minimum Gasteiger partial charge on any atom is -0.394 e. The van der Waals surface area contributed by atoms with Crippen molar-refractivity contribution in [2.24, 2.45) is 0 Å². The van der Waals surface area contributed by atoms with E-state index in [1.54, 1.807) is 0 Å². The number of aliphatic hydroxyl groups excluding tert-OH is 1. The maximum absolute atomic E-state index is 9.00. The third kappa shape index (κ3) is 10.7. The molecule has 2 atom stereocenters. The van der Waals surface area contributed by atoms with Gasteiger partial charge in [0.1, 0.15) is 5.85 Å². The van der Waals surface area contributed by atoms with Crippen LogP contribution in [0.25, 0.3) is 0 Å². The quantitative estimate of drug-likeness (QED) is 0.469. The van der Waals surface area contributed by atoms with Crippen LogP contribution in [-0.2, 0) is 14.2 Å². The Morgan fingerprint density at radius 3 is 2.38 bits per heavy atom. The van der Waals surface area contributed by atoms with Gasteiger partial charge in [0.15, 0.2) is 0 Å². The van der Waals surface area contributed by atoms with Crippen LogP contribution < -0.4 is 0 Å². The molecule has 0 amide bonds.